The third-order valence-electron chi connectivity index (χ3n) is 2.41. The number of hydrogen-bond acceptors (Lipinski definition) is 2. The summed E-state index contributed by atoms with van der Waals surface area (Å²) >= 11 is 0. The smallest absolute Gasteiger partial charge is 0.0168 e. The fourth-order valence-corrected chi connectivity index (χ4v) is 1.62. The monoisotopic (exact) mass is 156 g/mol. The molecule has 2 nitrogen and oxygen atoms in total. The van der Waals surface area contributed by atoms with Crippen LogP contribution in [0.4, 0.5) is 0 Å². The summed E-state index contributed by atoms with van der Waals surface area (Å²) in [4.78, 5) is 2.47. The Balaban J connectivity index is 2.46. The molecule has 0 aromatic rings. The Labute approximate surface area is 69.8 Å². The Hall–Kier alpha value is -0.0800. The lowest BCUT2D eigenvalue weighted by atomic mass is 9.99. The van der Waals surface area contributed by atoms with Gasteiger partial charge in [-0.05, 0) is 40.2 Å². The van der Waals surface area contributed by atoms with Gasteiger partial charge in [-0.1, -0.05) is 0 Å². The number of piperidine rings is 1. The molecule has 0 aliphatic carbocycles. The van der Waals surface area contributed by atoms with E-state index in [1.807, 2.05) is 0 Å². The largest absolute Gasteiger partial charge is 0.327 e. The molecule has 1 fully saturated rings. The number of nitrogens with zero attached hydrogens (tertiary/aromatic N) is 1. The number of hydrogen-bond donors (Lipinski definition) is 1. The van der Waals surface area contributed by atoms with Crippen LogP contribution in [0.25, 0.3) is 0 Å². The van der Waals surface area contributed by atoms with Crippen LogP contribution in [0.15, 0.2) is 0 Å². The molecule has 66 valence electrons. The molecule has 1 atom stereocenters. The minimum atomic E-state index is 0.304. The molecule has 1 aliphatic heterocycles. The third kappa shape index (κ3) is 2.46. The molecule has 0 aromatic carbocycles. The van der Waals surface area contributed by atoms with Crippen LogP contribution in [0.2, 0.25) is 0 Å². The first-order valence-electron chi connectivity index (χ1n) is 4.51. The molecule has 1 saturated heterocycles. The summed E-state index contributed by atoms with van der Waals surface area (Å²) in [6.07, 6.45) is 2.46. The highest BCUT2D eigenvalue weighted by Gasteiger charge is 2.25. The van der Waals surface area contributed by atoms with Crippen LogP contribution in [0, 0.1) is 0 Å². The van der Waals surface area contributed by atoms with Gasteiger partial charge in [0.25, 0.3) is 0 Å². The first-order valence-corrected chi connectivity index (χ1v) is 4.51. The van der Waals surface area contributed by atoms with Crippen molar-refractivity contribution in [1.29, 1.82) is 0 Å². The Bertz CT molecular complexity index is 126. The molecule has 0 saturated carbocycles. The summed E-state index contributed by atoms with van der Waals surface area (Å²) < 4.78 is 0. The highest BCUT2D eigenvalue weighted by atomic mass is 15.2. The van der Waals surface area contributed by atoms with E-state index in [2.05, 4.69) is 25.7 Å². The second kappa shape index (κ2) is 3.11. The zero-order valence-corrected chi connectivity index (χ0v) is 7.93. The van der Waals surface area contributed by atoms with Gasteiger partial charge in [0.2, 0.25) is 0 Å². The molecule has 1 rings (SSSR count). The zero-order valence-electron chi connectivity index (χ0n) is 7.93. The lowest BCUT2D eigenvalue weighted by Gasteiger charge is -2.40. The fraction of sp³-hybridized carbons (Fsp3) is 1.00. The van der Waals surface area contributed by atoms with E-state index in [1.54, 1.807) is 0 Å². The lowest BCUT2D eigenvalue weighted by molar-refractivity contribution is 0.0999. The van der Waals surface area contributed by atoms with E-state index in [9.17, 15) is 0 Å². The Morgan fingerprint density at radius 3 is 2.36 bits per heavy atom. The second-order valence-electron chi connectivity index (χ2n) is 4.52. The van der Waals surface area contributed by atoms with Crippen LogP contribution in [0.3, 0.4) is 0 Å². The van der Waals surface area contributed by atoms with Gasteiger partial charge in [0.05, 0.1) is 0 Å². The first kappa shape index (κ1) is 9.01. The lowest BCUT2D eigenvalue weighted by Crippen LogP contribution is -2.51. The second-order valence-corrected chi connectivity index (χ2v) is 4.52. The minimum absolute atomic E-state index is 0.304. The normalized spacial score (nSPS) is 28.9. The molecule has 0 amide bonds. The first-order chi connectivity index (χ1) is 5.00. The summed E-state index contributed by atoms with van der Waals surface area (Å²) in [6, 6.07) is 0.406. The molecule has 11 heavy (non-hydrogen) atoms. The van der Waals surface area contributed by atoms with Gasteiger partial charge in [-0.25, -0.2) is 0 Å². The summed E-state index contributed by atoms with van der Waals surface area (Å²) in [5.41, 5.74) is 6.18. The van der Waals surface area contributed by atoms with Gasteiger partial charge in [-0.15, -0.1) is 0 Å². The molecule has 1 aliphatic rings. The van der Waals surface area contributed by atoms with E-state index >= 15 is 0 Å². The molecule has 2 N–H and O–H groups in total. The maximum atomic E-state index is 5.88. The van der Waals surface area contributed by atoms with Crippen LogP contribution >= 0.6 is 0 Å². The zero-order chi connectivity index (χ0) is 8.48. The van der Waals surface area contributed by atoms with Crippen molar-refractivity contribution in [3.05, 3.63) is 0 Å². The van der Waals surface area contributed by atoms with Crippen molar-refractivity contribution in [3.8, 4) is 0 Å². The minimum Gasteiger partial charge on any atom is -0.327 e. The van der Waals surface area contributed by atoms with Crippen molar-refractivity contribution in [3.63, 3.8) is 0 Å². The molecular weight excluding hydrogens is 136 g/mol. The number of likely N-dealkylation sites (tertiary alicyclic amines) is 1. The fourth-order valence-electron chi connectivity index (χ4n) is 1.62. The molecule has 2 heteroatoms. The molecule has 1 unspecified atom stereocenters. The molecular formula is C9H20N2. The van der Waals surface area contributed by atoms with E-state index in [1.165, 1.54) is 19.4 Å². The molecule has 0 aromatic heterocycles. The van der Waals surface area contributed by atoms with E-state index in [4.69, 9.17) is 5.73 Å². The van der Waals surface area contributed by atoms with Gasteiger partial charge < -0.3 is 5.73 Å². The Kier molecular flexibility index (Phi) is 2.55. The molecule has 0 bridgehead atoms. The van der Waals surface area contributed by atoms with Gasteiger partial charge in [0.1, 0.15) is 0 Å². The summed E-state index contributed by atoms with van der Waals surface area (Å²) in [5.74, 6) is 0. The van der Waals surface area contributed by atoms with Gasteiger partial charge in [0.15, 0.2) is 0 Å². The van der Waals surface area contributed by atoms with Crippen molar-refractivity contribution in [2.75, 3.05) is 13.1 Å². The van der Waals surface area contributed by atoms with E-state index in [0.717, 1.165) is 6.54 Å². The van der Waals surface area contributed by atoms with E-state index in [-0.39, 0.29) is 0 Å². The standard InChI is InChI=1S/C9H20N2/c1-9(2,3)11-6-4-5-8(10)7-11/h8H,4-7,10H2,1-3H3. The van der Waals surface area contributed by atoms with Crippen LogP contribution < -0.4 is 5.73 Å². The average molecular weight is 156 g/mol. The topological polar surface area (TPSA) is 29.3 Å². The predicted octanol–water partition coefficient (Wildman–Crippen LogP) is 1.21. The van der Waals surface area contributed by atoms with Crippen LogP contribution in [0.1, 0.15) is 33.6 Å². The predicted molar refractivity (Wildman–Crippen MR) is 48.5 cm³/mol. The van der Waals surface area contributed by atoms with Crippen molar-refractivity contribution in [2.45, 2.75) is 45.2 Å². The summed E-state index contributed by atoms with van der Waals surface area (Å²) in [7, 11) is 0. The van der Waals surface area contributed by atoms with Crippen molar-refractivity contribution in [2.24, 2.45) is 5.73 Å². The van der Waals surface area contributed by atoms with Gasteiger partial charge in [-0.2, -0.15) is 0 Å². The SMILES string of the molecule is CC(C)(C)N1CCCC(N)C1. The van der Waals surface area contributed by atoms with Crippen LogP contribution in [-0.2, 0) is 0 Å². The van der Waals surface area contributed by atoms with Crippen molar-refractivity contribution >= 4 is 0 Å². The quantitative estimate of drug-likeness (QED) is 0.571. The summed E-state index contributed by atoms with van der Waals surface area (Å²) in [6.45, 7) is 9.06. The number of rotatable bonds is 0. The van der Waals surface area contributed by atoms with E-state index < -0.39 is 0 Å². The molecule has 0 radical (unpaired) electrons. The van der Waals surface area contributed by atoms with Crippen LogP contribution in [-0.4, -0.2) is 29.6 Å². The summed E-state index contributed by atoms with van der Waals surface area (Å²) in [5, 5.41) is 0. The van der Waals surface area contributed by atoms with Crippen molar-refractivity contribution < 1.29 is 0 Å². The maximum Gasteiger partial charge on any atom is 0.0168 e. The van der Waals surface area contributed by atoms with E-state index in [0.29, 0.717) is 11.6 Å². The molecule has 0 spiro atoms. The Morgan fingerprint density at radius 2 is 2.00 bits per heavy atom. The average Bonchev–Trinajstić information content (AvgIpc) is 1.86. The third-order valence-corrected chi connectivity index (χ3v) is 2.41. The number of nitrogens with two attached hydrogens (primary N) is 1. The Morgan fingerprint density at radius 1 is 1.36 bits per heavy atom. The highest BCUT2D eigenvalue weighted by Crippen LogP contribution is 2.18. The molecule has 1 heterocycles. The van der Waals surface area contributed by atoms with Crippen LogP contribution in [0.5, 0.6) is 0 Å². The van der Waals surface area contributed by atoms with Crippen molar-refractivity contribution in [1.82, 2.24) is 4.90 Å². The highest BCUT2D eigenvalue weighted by molar-refractivity contribution is 4.83. The van der Waals surface area contributed by atoms with Gasteiger partial charge in [0, 0.05) is 18.1 Å². The maximum absolute atomic E-state index is 5.88. The van der Waals surface area contributed by atoms with Gasteiger partial charge >= 0.3 is 0 Å². The van der Waals surface area contributed by atoms with Gasteiger partial charge in [-0.3, -0.25) is 4.90 Å².